The summed E-state index contributed by atoms with van der Waals surface area (Å²) in [7, 11) is 3.83. The molecule has 102 valence electrons. The van der Waals surface area contributed by atoms with Gasteiger partial charge in [-0.1, -0.05) is 13.0 Å². The molecule has 0 amide bonds. The van der Waals surface area contributed by atoms with E-state index in [2.05, 4.69) is 31.0 Å². The van der Waals surface area contributed by atoms with Crippen molar-refractivity contribution >= 4 is 6.29 Å². The number of likely N-dealkylation sites (N-methyl/N-ethyl adjacent to an activating group) is 1. The van der Waals surface area contributed by atoms with Crippen LogP contribution in [0.1, 0.15) is 24.5 Å². The van der Waals surface area contributed by atoms with Crippen molar-refractivity contribution in [2.75, 3.05) is 20.7 Å². The summed E-state index contributed by atoms with van der Waals surface area (Å²) in [6.45, 7) is 3.30. The van der Waals surface area contributed by atoms with E-state index in [4.69, 9.17) is 4.74 Å². The van der Waals surface area contributed by atoms with Crippen LogP contribution in [0.4, 0.5) is 0 Å². The molecule has 0 unspecified atom stereocenters. The van der Waals surface area contributed by atoms with Gasteiger partial charge in [0.25, 0.3) is 0 Å². The maximum atomic E-state index is 11.6. The van der Waals surface area contributed by atoms with Gasteiger partial charge in [0.15, 0.2) is 0 Å². The lowest BCUT2D eigenvalue weighted by molar-refractivity contribution is -0.118. The number of rotatable bonds is 2. The topological polar surface area (TPSA) is 29.5 Å². The lowest BCUT2D eigenvalue weighted by Gasteiger charge is -2.52. The fourth-order valence-corrected chi connectivity index (χ4v) is 3.90. The van der Waals surface area contributed by atoms with Crippen molar-refractivity contribution in [3.63, 3.8) is 0 Å². The van der Waals surface area contributed by atoms with Crippen LogP contribution in [0.25, 0.3) is 0 Å². The van der Waals surface area contributed by atoms with Gasteiger partial charge in [0.05, 0.1) is 7.11 Å². The van der Waals surface area contributed by atoms with Gasteiger partial charge in [-0.3, -0.25) is 0 Å². The largest absolute Gasteiger partial charge is 0.497 e. The van der Waals surface area contributed by atoms with Crippen molar-refractivity contribution in [3.05, 3.63) is 29.3 Å². The number of aldehydes is 1. The smallest absolute Gasteiger partial charge is 0.125 e. The first-order valence-corrected chi connectivity index (χ1v) is 6.93. The number of carbonyl (C=O) groups excluding carboxylic acids is 1. The highest BCUT2D eigenvalue weighted by atomic mass is 16.5. The fraction of sp³-hybridized carbons (Fsp3) is 0.562. The predicted octanol–water partition coefficient (Wildman–Crippen LogP) is 2.03. The molecule has 0 aromatic heterocycles. The number of fused-ring (bicyclic) bond motifs is 4. The summed E-state index contributed by atoms with van der Waals surface area (Å²) in [5.74, 6) is 0.979. The summed E-state index contributed by atoms with van der Waals surface area (Å²) >= 11 is 0. The van der Waals surface area contributed by atoms with Gasteiger partial charge in [-0.25, -0.2) is 0 Å². The maximum Gasteiger partial charge on any atom is 0.125 e. The van der Waals surface area contributed by atoms with Gasteiger partial charge in [0.1, 0.15) is 12.0 Å². The number of ether oxygens (including phenoxy) is 1. The molecule has 1 fully saturated rings. The van der Waals surface area contributed by atoms with Crippen LogP contribution in [-0.4, -0.2) is 37.9 Å². The molecular formula is C16H21NO2. The Labute approximate surface area is 114 Å². The number of hydrogen-bond acceptors (Lipinski definition) is 3. The quantitative estimate of drug-likeness (QED) is 0.761. The molecule has 1 aromatic rings. The molecule has 0 spiro atoms. The molecule has 0 radical (unpaired) electrons. The van der Waals surface area contributed by atoms with Gasteiger partial charge in [0.2, 0.25) is 0 Å². The first-order chi connectivity index (χ1) is 9.10. The van der Waals surface area contributed by atoms with E-state index in [0.29, 0.717) is 6.04 Å². The first kappa shape index (κ1) is 12.7. The predicted molar refractivity (Wildman–Crippen MR) is 74.6 cm³/mol. The van der Waals surface area contributed by atoms with E-state index in [-0.39, 0.29) is 11.3 Å². The molecule has 3 atom stereocenters. The minimum atomic E-state index is -0.0406. The average Bonchev–Trinajstić information content (AvgIpc) is 2.43. The number of carbonyl (C=O) groups is 1. The molecule has 3 nitrogen and oxygen atoms in total. The third-order valence-corrected chi connectivity index (χ3v) is 5.21. The second-order valence-electron chi connectivity index (χ2n) is 6.10. The van der Waals surface area contributed by atoms with Crippen molar-refractivity contribution in [1.29, 1.82) is 0 Å². The number of benzene rings is 1. The minimum absolute atomic E-state index is 0.0406. The van der Waals surface area contributed by atoms with Crippen molar-refractivity contribution in [2.45, 2.75) is 31.2 Å². The Morgan fingerprint density at radius 1 is 1.47 bits per heavy atom. The van der Waals surface area contributed by atoms with E-state index in [9.17, 15) is 4.79 Å². The molecule has 1 heterocycles. The molecule has 2 bridgehead atoms. The third-order valence-electron chi connectivity index (χ3n) is 5.21. The summed E-state index contributed by atoms with van der Waals surface area (Å²) in [6, 6.07) is 6.67. The van der Waals surface area contributed by atoms with Crippen molar-refractivity contribution < 1.29 is 9.53 Å². The standard InChI is InChI=1S/C16H21NO2/c1-16-6-7-17(2)15(14(16)10-18)8-11-4-5-12(19-3)9-13(11)16/h4-5,9-10,14-15H,6-8H2,1-3H3/t14-,15+,16+/m0/s1. The van der Waals surface area contributed by atoms with Crippen LogP contribution < -0.4 is 4.74 Å². The highest BCUT2D eigenvalue weighted by molar-refractivity contribution is 5.62. The Balaban J connectivity index is 2.15. The second-order valence-corrected chi connectivity index (χ2v) is 6.10. The number of likely N-dealkylation sites (tertiary alicyclic amines) is 1. The van der Waals surface area contributed by atoms with Gasteiger partial charge in [-0.15, -0.1) is 0 Å². The van der Waals surface area contributed by atoms with Crippen LogP contribution in [0.2, 0.25) is 0 Å². The van der Waals surface area contributed by atoms with Gasteiger partial charge in [-0.2, -0.15) is 0 Å². The van der Waals surface area contributed by atoms with E-state index < -0.39 is 0 Å². The maximum absolute atomic E-state index is 11.6. The Morgan fingerprint density at radius 3 is 2.95 bits per heavy atom. The molecule has 0 saturated carbocycles. The zero-order valence-corrected chi connectivity index (χ0v) is 11.8. The Morgan fingerprint density at radius 2 is 2.26 bits per heavy atom. The summed E-state index contributed by atoms with van der Waals surface area (Å²) in [5, 5.41) is 0. The van der Waals surface area contributed by atoms with E-state index in [0.717, 1.165) is 25.1 Å². The van der Waals surface area contributed by atoms with Crippen molar-refractivity contribution in [3.8, 4) is 5.75 Å². The van der Waals surface area contributed by atoms with Crippen LogP contribution >= 0.6 is 0 Å². The lowest BCUT2D eigenvalue weighted by Crippen LogP contribution is -2.58. The third kappa shape index (κ3) is 1.71. The zero-order valence-electron chi connectivity index (χ0n) is 11.8. The lowest BCUT2D eigenvalue weighted by atomic mass is 9.59. The van der Waals surface area contributed by atoms with E-state index in [1.54, 1.807) is 7.11 Å². The van der Waals surface area contributed by atoms with Crippen LogP contribution in [0, 0.1) is 5.92 Å². The SMILES string of the molecule is COc1ccc2c(c1)[C@@]1(C)CCN(C)[C@H](C2)[C@@H]1C=O. The van der Waals surface area contributed by atoms with Crippen LogP contribution in [0.5, 0.6) is 5.75 Å². The Hall–Kier alpha value is -1.35. The minimum Gasteiger partial charge on any atom is -0.497 e. The fourth-order valence-electron chi connectivity index (χ4n) is 3.90. The first-order valence-electron chi connectivity index (χ1n) is 6.93. The van der Waals surface area contributed by atoms with Crippen LogP contribution in [0.3, 0.4) is 0 Å². The molecule has 3 heteroatoms. The van der Waals surface area contributed by atoms with Gasteiger partial charge < -0.3 is 14.4 Å². The van der Waals surface area contributed by atoms with Gasteiger partial charge in [-0.05, 0) is 49.7 Å². The molecular weight excluding hydrogens is 238 g/mol. The van der Waals surface area contributed by atoms with E-state index in [1.807, 2.05) is 6.07 Å². The molecule has 1 aromatic carbocycles. The molecule has 19 heavy (non-hydrogen) atoms. The molecule has 1 aliphatic heterocycles. The number of piperidine rings is 1. The van der Waals surface area contributed by atoms with Gasteiger partial charge >= 0.3 is 0 Å². The molecule has 2 aliphatic rings. The number of hydrogen-bond donors (Lipinski definition) is 0. The highest BCUT2D eigenvalue weighted by Crippen LogP contribution is 2.48. The average molecular weight is 259 g/mol. The van der Waals surface area contributed by atoms with E-state index >= 15 is 0 Å². The summed E-state index contributed by atoms with van der Waals surface area (Å²) in [6.07, 6.45) is 3.17. The molecule has 0 N–H and O–H groups in total. The van der Waals surface area contributed by atoms with Crippen molar-refractivity contribution in [2.24, 2.45) is 5.92 Å². The summed E-state index contributed by atoms with van der Waals surface area (Å²) in [4.78, 5) is 14.0. The molecule has 1 aliphatic carbocycles. The second kappa shape index (κ2) is 4.34. The number of methoxy groups -OCH3 is 1. The van der Waals surface area contributed by atoms with Crippen LogP contribution in [-0.2, 0) is 16.6 Å². The zero-order chi connectivity index (χ0) is 13.6. The summed E-state index contributed by atoms with van der Waals surface area (Å²) < 4.78 is 5.35. The molecule has 1 saturated heterocycles. The van der Waals surface area contributed by atoms with Crippen LogP contribution in [0.15, 0.2) is 18.2 Å². The monoisotopic (exact) mass is 259 g/mol. The Kier molecular flexibility index (Phi) is 2.90. The van der Waals surface area contributed by atoms with Crippen molar-refractivity contribution in [1.82, 2.24) is 4.90 Å². The summed E-state index contributed by atoms with van der Waals surface area (Å²) in [5.41, 5.74) is 2.65. The highest BCUT2D eigenvalue weighted by Gasteiger charge is 2.49. The Bertz CT molecular complexity index is 513. The van der Waals surface area contributed by atoms with E-state index in [1.165, 1.54) is 17.4 Å². The molecule has 3 rings (SSSR count). The number of nitrogens with zero attached hydrogens (tertiary/aromatic N) is 1. The van der Waals surface area contributed by atoms with Gasteiger partial charge in [0, 0.05) is 17.4 Å². The normalized spacial score (nSPS) is 33.6.